The predicted molar refractivity (Wildman–Crippen MR) is 78.4 cm³/mol. The van der Waals surface area contributed by atoms with Gasteiger partial charge in [0.15, 0.2) is 5.60 Å². The number of aliphatic hydroxyl groups is 1. The molecule has 1 saturated heterocycles. The number of rotatable bonds is 3. The standard InChI is InChI=1S/C15H19F3N2O3/c1-2-23-12-5-3-11(4-6-12)19-13(21)20-9-7-14(22,8-10-20)15(16,17)18/h3-6,22H,2,7-10H2,1H3,(H,19,21). The average Bonchev–Trinajstić information content (AvgIpc) is 2.49. The van der Waals surface area contributed by atoms with Crippen LogP contribution in [-0.2, 0) is 0 Å². The molecule has 0 spiro atoms. The number of hydrogen-bond acceptors (Lipinski definition) is 3. The smallest absolute Gasteiger partial charge is 0.417 e. The van der Waals surface area contributed by atoms with Crippen molar-refractivity contribution < 1.29 is 27.8 Å². The largest absolute Gasteiger partial charge is 0.494 e. The average molecular weight is 332 g/mol. The fourth-order valence-electron chi connectivity index (χ4n) is 2.37. The number of urea groups is 1. The molecule has 128 valence electrons. The summed E-state index contributed by atoms with van der Waals surface area (Å²) in [6.45, 7) is 2.08. The molecule has 23 heavy (non-hydrogen) atoms. The highest BCUT2D eigenvalue weighted by Crippen LogP contribution is 2.38. The lowest BCUT2D eigenvalue weighted by Gasteiger charge is -2.38. The van der Waals surface area contributed by atoms with Gasteiger partial charge in [-0.3, -0.25) is 0 Å². The zero-order valence-electron chi connectivity index (χ0n) is 12.7. The number of hydrogen-bond donors (Lipinski definition) is 2. The Morgan fingerprint density at radius 3 is 2.35 bits per heavy atom. The second kappa shape index (κ2) is 6.66. The molecule has 2 N–H and O–H groups in total. The quantitative estimate of drug-likeness (QED) is 0.894. The van der Waals surface area contributed by atoms with Gasteiger partial charge in [0.1, 0.15) is 5.75 Å². The number of ether oxygens (including phenoxy) is 1. The summed E-state index contributed by atoms with van der Waals surface area (Å²) < 4.78 is 43.4. The van der Waals surface area contributed by atoms with Gasteiger partial charge in [-0.25, -0.2) is 4.79 Å². The third-order valence-electron chi connectivity index (χ3n) is 3.82. The second-order valence-electron chi connectivity index (χ2n) is 5.40. The third-order valence-corrected chi connectivity index (χ3v) is 3.82. The molecule has 1 aromatic rings. The molecule has 1 fully saturated rings. The molecule has 1 aliphatic rings. The number of carbonyl (C=O) groups excluding carboxylic acids is 1. The molecule has 0 radical (unpaired) electrons. The summed E-state index contributed by atoms with van der Waals surface area (Å²) in [5, 5.41) is 12.2. The maximum Gasteiger partial charge on any atom is 0.417 e. The van der Waals surface area contributed by atoms with Gasteiger partial charge in [0.05, 0.1) is 6.61 Å². The molecule has 8 heteroatoms. The van der Waals surface area contributed by atoms with Crippen LogP contribution < -0.4 is 10.1 Å². The van der Waals surface area contributed by atoms with Gasteiger partial charge in [-0.15, -0.1) is 0 Å². The minimum absolute atomic E-state index is 0.154. The molecule has 1 aromatic carbocycles. The molecule has 0 atom stereocenters. The Balaban J connectivity index is 1.90. The highest BCUT2D eigenvalue weighted by atomic mass is 19.4. The van der Waals surface area contributed by atoms with E-state index in [4.69, 9.17) is 4.74 Å². The summed E-state index contributed by atoms with van der Waals surface area (Å²) in [5.74, 6) is 0.665. The Morgan fingerprint density at radius 1 is 1.30 bits per heavy atom. The van der Waals surface area contributed by atoms with Crippen LogP contribution in [0.15, 0.2) is 24.3 Å². The number of alkyl halides is 3. The summed E-state index contributed by atoms with van der Waals surface area (Å²) in [5.41, 5.74) is -2.18. The summed E-state index contributed by atoms with van der Waals surface area (Å²) in [6.07, 6.45) is -5.72. The van der Waals surface area contributed by atoms with Gasteiger partial charge >= 0.3 is 12.2 Å². The normalized spacial score (nSPS) is 17.7. The first-order chi connectivity index (χ1) is 10.7. The number of anilines is 1. The van der Waals surface area contributed by atoms with E-state index in [1.807, 2.05) is 6.92 Å². The summed E-state index contributed by atoms with van der Waals surface area (Å²) in [6, 6.07) is 6.20. The lowest BCUT2D eigenvalue weighted by molar-refractivity contribution is -0.271. The van der Waals surface area contributed by atoms with Crippen molar-refractivity contribution in [3.63, 3.8) is 0 Å². The van der Waals surface area contributed by atoms with Crippen LogP contribution in [0.3, 0.4) is 0 Å². The Morgan fingerprint density at radius 2 is 1.87 bits per heavy atom. The number of likely N-dealkylation sites (tertiary alicyclic amines) is 1. The van der Waals surface area contributed by atoms with Crippen LogP contribution in [0.2, 0.25) is 0 Å². The fourth-order valence-corrected chi connectivity index (χ4v) is 2.37. The highest BCUT2D eigenvalue weighted by molar-refractivity contribution is 5.89. The van der Waals surface area contributed by atoms with E-state index in [9.17, 15) is 23.1 Å². The van der Waals surface area contributed by atoms with Crippen molar-refractivity contribution in [1.29, 1.82) is 0 Å². The number of amides is 2. The van der Waals surface area contributed by atoms with Crippen molar-refractivity contribution in [1.82, 2.24) is 4.90 Å². The molecule has 2 amide bonds. The van der Waals surface area contributed by atoms with E-state index >= 15 is 0 Å². The van der Waals surface area contributed by atoms with E-state index in [2.05, 4.69) is 5.32 Å². The number of halogens is 3. The third kappa shape index (κ3) is 4.07. The molecule has 0 saturated carbocycles. The van der Waals surface area contributed by atoms with E-state index < -0.39 is 30.7 Å². The van der Waals surface area contributed by atoms with Crippen molar-refractivity contribution in [3.8, 4) is 5.75 Å². The number of benzene rings is 1. The van der Waals surface area contributed by atoms with Gasteiger partial charge in [-0.2, -0.15) is 13.2 Å². The Labute approximate surface area is 132 Å². The summed E-state index contributed by atoms with van der Waals surface area (Å²) in [7, 11) is 0. The number of nitrogens with zero attached hydrogens (tertiary/aromatic N) is 1. The van der Waals surface area contributed by atoms with Crippen LogP contribution in [0, 0.1) is 0 Å². The molecular formula is C15H19F3N2O3. The molecule has 5 nitrogen and oxygen atoms in total. The summed E-state index contributed by atoms with van der Waals surface area (Å²) in [4.78, 5) is 13.3. The first kappa shape index (κ1) is 17.4. The first-order valence-corrected chi connectivity index (χ1v) is 7.33. The van der Waals surface area contributed by atoms with E-state index in [0.717, 1.165) is 0 Å². The minimum atomic E-state index is -4.68. The van der Waals surface area contributed by atoms with Crippen LogP contribution in [0.5, 0.6) is 5.75 Å². The zero-order valence-corrected chi connectivity index (χ0v) is 12.7. The molecule has 2 rings (SSSR count). The molecule has 0 aliphatic carbocycles. The zero-order chi connectivity index (χ0) is 17.1. The van der Waals surface area contributed by atoms with E-state index in [1.165, 1.54) is 4.90 Å². The Kier molecular flexibility index (Phi) is 5.03. The monoisotopic (exact) mass is 332 g/mol. The van der Waals surface area contributed by atoms with Crippen molar-refractivity contribution in [2.75, 3.05) is 25.0 Å². The SMILES string of the molecule is CCOc1ccc(NC(=O)N2CCC(O)(C(F)(F)F)CC2)cc1. The Hall–Kier alpha value is -1.96. The lowest BCUT2D eigenvalue weighted by atomic mass is 9.91. The van der Waals surface area contributed by atoms with E-state index in [0.29, 0.717) is 18.0 Å². The van der Waals surface area contributed by atoms with Crippen LogP contribution in [0.4, 0.5) is 23.7 Å². The Bertz CT molecular complexity index is 538. The van der Waals surface area contributed by atoms with Gasteiger partial charge in [-0.1, -0.05) is 0 Å². The van der Waals surface area contributed by atoms with Crippen molar-refractivity contribution >= 4 is 11.7 Å². The molecule has 0 bridgehead atoms. The van der Waals surface area contributed by atoms with Crippen molar-refractivity contribution in [2.24, 2.45) is 0 Å². The van der Waals surface area contributed by atoms with E-state index in [-0.39, 0.29) is 13.1 Å². The molecule has 0 unspecified atom stereocenters. The van der Waals surface area contributed by atoms with Crippen LogP contribution >= 0.6 is 0 Å². The fraction of sp³-hybridized carbons (Fsp3) is 0.533. The second-order valence-corrected chi connectivity index (χ2v) is 5.40. The summed E-state index contributed by atoms with van der Waals surface area (Å²) >= 11 is 0. The molecule has 1 aliphatic heterocycles. The molecule has 1 heterocycles. The van der Waals surface area contributed by atoms with Gasteiger partial charge in [0, 0.05) is 31.6 Å². The lowest BCUT2D eigenvalue weighted by Crippen LogP contribution is -2.55. The number of nitrogens with one attached hydrogen (secondary N) is 1. The number of carbonyl (C=O) groups is 1. The van der Waals surface area contributed by atoms with Crippen LogP contribution in [0.1, 0.15) is 19.8 Å². The first-order valence-electron chi connectivity index (χ1n) is 7.33. The van der Waals surface area contributed by atoms with Gasteiger partial charge in [0.25, 0.3) is 0 Å². The maximum atomic E-state index is 12.7. The van der Waals surface area contributed by atoms with Crippen molar-refractivity contribution in [3.05, 3.63) is 24.3 Å². The molecular weight excluding hydrogens is 313 g/mol. The number of piperidine rings is 1. The van der Waals surface area contributed by atoms with Crippen LogP contribution in [0.25, 0.3) is 0 Å². The predicted octanol–water partition coefficient (Wildman–Crippen LogP) is 3.01. The van der Waals surface area contributed by atoms with Crippen LogP contribution in [-0.4, -0.2) is 47.5 Å². The molecule has 0 aromatic heterocycles. The maximum absolute atomic E-state index is 12.7. The highest BCUT2D eigenvalue weighted by Gasteiger charge is 2.54. The van der Waals surface area contributed by atoms with Gasteiger partial charge < -0.3 is 20.1 Å². The van der Waals surface area contributed by atoms with Gasteiger partial charge in [0.2, 0.25) is 0 Å². The van der Waals surface area contributed by atoms with Crippen molar-refractivity contribution in [2.45, 2.75) is 31.5 Å². The topological polar surface area (TPSA) is 61.8 Å². The van der Waals surface area contributed by atoms with E-state index in [1.54, 1.807) is 24.3 Å². The van der Waals surface area contributed by atoms with Gasteiger partial charge in [-0.05, 0) is 31.2 Å². The minimum Gasteiger partial charge on any atom is -0.494 e.